The Kier molecular flexibility index (Phi) is 12.6. The number of aliphatic hydroxyl groups excluding tert-OH is 3. The standard InChI is InChI=1S/C54H78O3/c1-31-32(2)40(46(55)34-25-22-28-37(49(4,5)6)43(34)52(13,14)15)42(48(57)36-27-24-30-39(51(10,11)12)45(36)54(19,20)21)41(33(31)3)47(56)35-26-23-29-38(50(7,8)9)44(35)53(16,17)18/h22-30,46-48,55-57H,1-21H3. The van der Waals surface area contributed by atoms with Crippen LogP contribution >= 0.6 is 0 Å². The van der Waals surface area contributed by atoms with Gasteiger partial charge in [-0.1, -0.05) is 179 Å². The maximum atomic E-state index is 13.4. The van der Waals surface area contributed by atoms with Gasteiger partial charge in [0.25, 0.3) is 0 Å². The van der Waals surface area contributed by atoms with Crippen LogP contribution in [0.2, 0.25) is 0 Å². The van der Waals surface area contributed by atoms with Gasteiger partial charge in [0.2, 0.25) is 0 Å². The molecule has 0 radical (unpaired) electrons. The molecule has 4 rings (SSSR count). The van der Waals surface area contributed by atoms with E-state index in [4.69, 9.17) is 0 Å². The van der Waals surface area contributed by atoms with Gasteiger partial charge in [0.05, 0.1) is 0 Å². The van der Waals surface area contributed by atoms with E-state index in [1.54, 1.807) is 0 Å². The largest absolute Gasteiger partial charge is 0.384 e. The highest BCUT2D eigenvalue weighted by atomic mass is 16.3. The first-order valence-corrected chi connectivity index (χ1v) is 21.2. The Morgan fingerprint density at radius 2 is 0.544 bits per heavy atom. The smallest absolute Gasteiger partial charge is 0.105 e. The molecule has 0 aliphatic rings. The summed E-state index contributed by atoms with van der Waals surface area (Å²) in [6.45, 7) is 46.3. The average Bonchev–Trinajstić information content (AvgIpc) is 3.06. The molecule has 0 heterocycles. The quantitative estimate of drug-likeness (QED) is 0.183. The van der Waals surface area contributed by atoms with Crippen LogP contribution in [0.3, 0.4) is 0 Å². The summed E-state index contributed by atoms with van der Waals surface area (Å²) in [5, 5.41) is 39.9. The molecular weight excluding hydrogens is 697 g/mol. The van der Waals surface area contributed by atoms with E-state index in [1.165, 1.54) is 16.7 Å². The predicted molar refractivity (Wildman–Crippen MR) is 244 cm³/mol. The summed E-state index contributed by atoms with van der Waals surface area (Å²) in [6, 6.07) is 18.9. The zero-order chi connectivity index (χ0) is 43.8. The van der Waals surface area contributed by atoms with Crippen molar-refractivity contribution < 1.29 is 15.3 Å². The molecule has 312 valence electrons. The Morgan fingerprint density at radius 1 is 0.316 bits per heavy atom. The molecule has 0 saturated heterocycles. The Hall–Kier alpha value is -3.24. The third-order valence-electron chi connectivity index (χ3n) is 12.2. The summed E-state index contributed by atoms with van der Waals surface area (Å²) in [6.07, 6.45) is -3.31. The van der Waals surface area contributed by atoms with Crippen molar-refractivity contribution in [1.29, 1.82) is 0 Å². The minimum absolute atomic E-state index is 0.170. The molecule has 0 saturated carbocycles. The van der Waals surface area contributed by atoms with Crippen LogP contribution < -0.4 is 0 Å². The summed E-state index contributed by atoms with van der Waals surface area (Å²) >= 11 is 0. The molecule has 0 fully saturated rings. The lowest BCUT2D eigenvalue weighted by molar-refractivity contribution is 0.180. The van der Waals surface area contributed by atoms with E-state index < -0.39 is 18.3 Å². The van der Waals surface area contributed by atoms with Crippen molar-refractivity contribution in [2.24, 2.45) is 0 Å². The lowest BCUT2D eigenvalue weighted by Gasteiger charge is -2.38. The van der Waals surface area contributed by atoms with Crippen LogP contribution in [0.1, 0.15) is 226 Å². The summed E-state index contributed by atoms with van der Waals surface area (Å²) < 4.78 is 0. The molecule has 3 nitrogen and oxygen atoms in total. The van der Waals surface area contributed by atoms with Crippen LogP contribution in [-0.4, -0.2) is 15.3 Å². The minimum atomic E-state index is -1.15. The zero-order valence-corrected chi connectivity index (χ0v) is 39.8. The van der Waals surface area contributed by atoms with Crippen molar-refractivity contribution in [3.8, 4) is 0 Å². The fourth-order valence-corrected chi connectivity index (χ4v) is 9.48. The lowest BCUT2D eigenvalue weighted by Crippen LogP contribution is -2.28. The van der Waals surface area contributed by atoms with Crippen molar-refractivity contribution in [3.05, 3.63) is 138 Å². The predicted octanol–water partition coefficient (Wildman–Crippen LogP) is 13.6. The Morgan fingerprint density at radius 3 is 0.754 bits per heavy atom. The number of rotatable bonds is 6. The molecule has 3 unspecified atom stereocenters. The van der Waals surface area contributed by atoms with Gasteiger partial charge >= 0.3 is 0 Å². The number of hydrogen-bond donors (Lipinski definition) is 3. The highest BCUT2D eigenvalue weighted by Gasteiger charge is 2.39. The van der Waals surface area contributed by atoms with E-state index in [0.29, 0.717) is 16.7 Å². The second kappa shape index (κ2) is 15.4. The van der Waals surface area contributed by atoms with Crippen molar-refractivity contribution in [2.75, 3.05) is 0 Å². The molecule has 0 aromatic heterocycles. The summed E-state index contributed by atoms with van der Waals surface area (Å²) in [5.41, 5.74) is 12.7. The molecule has 4 aromatic rings. The molecule has 3 atom stereocenters. The average molecular weight is 775 g/mol. The highest BCUT2D eigenvalue weighted by Crippen LogP contribution is 2.50. The SMILES string of the molecule is Cc1c(C)c(C(O)c2cccc(C(C)(C)C)c2C(C)(C)C)c(C(O)c2cccc(C(C)(C)C)c2C(C)(C)C)c(C(O)c2cccc(C(C)(C)C)c2C(C)(C)C)c1C. The fraction of sp³-hybridized carbons (Fsp3) is 0.556. The maximum Gasteiger partial charge on any atom is 0.105 e. The van der Waals surface area contributed by atoms with Crippen LogP contribution in [0.4, 0.5) is 0 Å². The first kappa shape index (κ1) is 46.4. The topological polar surface area (TPSA) is 60.7 Å². The Balaban J connectivity index is 2.33. The summed E-state index contributed by atoms with van der Waals surface area (Å²) in [4.78, 5) is 0. The molecule has 0 spiro atoms. The van der Waals surface area contributed by atoms with Crippen molar-refractivity contribution in [3.63, 3.8) is 0 Å². The van der Waals surface area contributed by atoms with Gasteiger partial charge in [-0.05, 0) is 137 Å². The number of benzene rings is 4. The molecule has 0 aliphatic heterocycles. The first-order chi connectivity index (χ1) is 25.6. The van der Waals surface area contributed by atoms with Crippen LogP contribution in [0, 0.1) is 20.8 Å². The monoisotopic (exact) mass is 775 g/mol. The van der Waals surface area contributed by atoms with Crippen LogP contribution in [-0.2, 0) is 32.5 Å². The molecule has 0 bridgehead atoms. The van der Waals surface area contributed by atoms with Crippen molar-refractivity contribution >= 4 is 0 Å². The molecule has 0 aliphatic carbocycles. The van der Waals surface area contributed by atoms with Gasteiger partial charge in [-0.3, -0.25) is 0 Å². The fourth-order valence-electron chi connectivity index (χ4n) is 9.48. The van der Waals surface area contributed by atoms with Crippen LogP contribution in [0.15, 0.2) is 54.6 Å². The van der Waals surface area contributed by atoms with E-state index in [9.17, 15) is 15.3 Å². The normalized spacial score (nSPS) is 15.2. The van der Waals surface area contributed by atoms with Gasteiger partial charge in [0, 0.05) is 0 Å². The van der Waals surface area contributed by atoms with E-state index in [0.717, 1.165) is 50.1 Å². The molecule has 3 heteroatoms. The van der Waals surface area contributed by atoms with Gasteiger partial charge in [-0.15, -0.1) is 0 Å². The number of hydrogen-bond acceptors (Lipinski definition) is 3. The molecule has 57 heavy (non-hydrogen) atoms. The number of aliphatic hydroxyl groups is 3. The highest BCUT2D eigenvalue weighted by molar-refractivity contribution is 5.62. The van der Waals surface area contributed by atoms with Gasteiger partial charge in [-0.2, -0.15) is 0 Å². The van der Waals surface area contributed by atoms with Gasteiger partial charge in [0.1, 0.15) is 18.3 Å². The second-order valence-corrected chi connectivity index (χ2v) is 23.1. The molecule has 3 N–H and O–H groups in total. The van der Waals surface area contributed by atoms with Gasteiger partial charge in [-0.25, -0.2) is 0 Å². The lowest BCUT2D eigenvalue weighted by atomic mass is 9.68. The van der Waals surface area contributed by atoms with E-state index in [2.05, 4.69) is 200 Å². The van der Waals surface area contributed by atoms with Gasteiger partial charge < -0.3 is 15.3 Å². The van der Waals surface area contributed by atoms with Crippen molar-refractivity contribution in [1.82, 2.24) is 0 Å². The van der Waals surface area contributed by atoms with E-state index in [-0.39, 0.29) is 32.5 Å². The Labute approximate surface area is 348 Å². The summed E-state index contributed by atoms with van der Waals surface area (Å²) in [5.74, 6) is 0. The maximum absolute atomic E-state index is 13.4. The molecule has 4 aromatic carbocycles. The van der Waals surface area contributed by atoms with E-state index in [1.807, 2.05) is 0 Å². The van der Waals surface area contributed by atoms with E-state index >= 15 is 0 Å². The third-order valence-corrected chi connectivity index (χ3v) is 12.2. The third kappa shape index (κ3) is 9.02. The minimum Gasteiger partial charge on any atom is -0.384 e. The van der Waals surface area contributed by atoms with Crippen LogP contribution in [0.25, 0.3) is 0 Å². The van der Waals surface area contributed by atoms with Crippen molar-refractivity contribution in [2.45, 2.75) is 196 Å². The Bertz CT molecular complexity index is 2000. The van der Waals surface area contributed by atoms with Crippen LogP contribution in [0.5, 0.6) is 0 Å². The first-order valence-electron chi connectivity index (χ1n) is 21.2. The van der Waals surface area contributed by atoms with Gasteiger partial charge in [0.15, 0.2) is 0 Å². The second-order valence-electron chi connectivity index (χ2n) is 23.1. The molecular formula is C54H78O3. The zero-order valence-electron chi connectivity index (χ0n) is 39.8. The summed E-state index contributed by atoms with van der Waals surface area (Å²) in [7, 11) is 0. The molecule has 0 amide bonds.